The molecule has 0 bridgehead atoms. The van der Waals surface area contributed by atoms with Crippen molar-refractivity contribution in [2.75, 3.05) is 0 Å². The molecule has 0 saturated carbocycles. The number of aliphatic carboxylic acids is 1. The van der Waals surface area contributed by atoms with Crippen LogP contribution in [0.2, 0.25) is 0 Å². The number of hydrogen-bond donors (Lipinski definition) is 1. The molecule has 0 unspecified atom stereocenters. The van der Waals surface area contributed by atoms with Gasteiger partial charge in [0.25, 0.3) is 5.97 Å². The molecule has 0 saturated heterocycles. The predicted octanol–water partition coefficient (Wildman–Crippen LogP) is 2.03. The third kappa shape index (κ3) is 5.56. The fraction of sp³-hybridized carbons (Fsp3) is 0.0500. The summed E-state index contributed by atoms with van der Waals surface area (Å²) in [7, 11) is 0. The summed E-state index contributed by atoms with van der Waals surface area (Å²) in [6.07, 6.45) is 0. The Morgan fingerprint density at radius 2 is 0.870 bits per heavy atom. The third-order valence-corrected chi connectivity index (χ3v) is 12.4. The quantitative estimate of drug-likeness (QED) is 0.671. The van der Waals surface area contributed by atoms with Crippen LogP contribution in [0.15, 0.2) is 91.0 Å². The summed E-state index contributed by atoms with van der Waals surface area (Å²) in [5, 5.41) is 7.42. The molecule has 0 radical (unpaired) electrons. The first-order valence-electron chi connectivity index (χ1n) is 7.53. The van der Waals surface area contributed by atoms with E-state index in [0.29, 0.717) is 0 Å². The van der Waals surface area contributed by atoms with Crippen molar-refractivity contribution in [3.05, 3.63) is 91.0 Å². The Bertz CT molecular complexity index is 614. The third-order valence-electron chi connectivity index (χ3n) is 3.40. The first-order valence-corrected chi connectivity index (χ1v) is 12.5. The van der Waals surface area contributed by atoms with Gasteiger partial charge in [-0.25, -0.2) is 0 Å². The van der Waals surface area contributed by atoms with Crippen LogP contribution < -0.4 is 10.7 Å². The van der Waals surface area contributed by atoms with E-state index in [0.717, 1.165) is 6.92 Å². The second-order valence-electron chi connectivity index (χ2n) is 5.18. The molecule has 0 aliphatic rings. The van der Waals surface area contributed by atoms with Crippen molar-refractivity contribution in [3.8, 4) is 0 Å². The van der Waals surface area contributed by atoms with Gasteiger partial charge >= 0.3 is 121 Å². The predicted molar refractivity (Wildman–Crippen MR) is 98.7 cm³/mol. The summed E-state index contributed by atoms with van der Waals surface area (Å²) in [5.41, 5.74) is 0. The zero-order valence-electron chi connectivity index (χ0n) is 13.1. The molecule has 0 spiro atoms. The number of benzene rings is 3. The zero-order chi connectivity index (χ0) is 16.5. The van der Waals surface area contributed by atoms with E-state index in [-0.39, 0.29) is 0 Å². The monoisotopic (exact) mass is 412 g/mol. The molecule has 0 aliphatic carbocycles. The van der Waals surface area contributed by atoms with Crippen LogP contribution in [0.1, 0.15) is 6.92 Å². The van der Waals surface area contributed by atoms with Gasteiger partial charge in [0.15, 0.2) is 0 Å². The van der Waals surface area contributed by atoms with Crippen LogP contribution in [0.25, 0.3) is 0 Å². The van der Waals surface area contributed by atoms with Gasteiger partial charge in [-0.15, -0.1) is 0 Å². The Hall–Kier alpha value is -2.07. The van der Waals surface area contributed by atoms with Crippen molar-refractivity contribution < 1.29 is 9.90 Å². The fourth-order valence-electron chi connectivity index (χ4n) is 2.51. The molecule has 3 heteroatoms. The molecule has 0 amide bonds. The van der Waals surface area contributed by atoms with Gasteiger partial charge in [0.2, 0.25) is 0 Å². The van der Waals surface area contributed by atoms with Gasteiger partial charge < -0.3 is 5.11 Å². The summed E-state index contributed by atoms with van der Waals surface area (Å²) in [5.74, 6) is -0.833. The Kier molecular flexibility index (Phi) is 6.88. The number of hydrogen-bond acceptors (Lipinski definition) is 1. The summed E-state index contributed by atoms with van der Waals surface area (Å²) < 4.78 is 4.63. The van der Waals surface area contributed by atoms with Gasteiger partial charge in [0, 0.05) is 6.92 Å². The average molecular weight is 411 g/mol. The molecule has 0 heterocycles. The van der Waals surface area contributed by atoms with E-state index in [4.69, 9.17) is 9.90 Å². The second-order valence-corrected chi connectivity index (χ2v) is 13.4. The molecule has 23 heavy (non-hydrogen) atoms. The van der Waals surface area contributed by atoms with Crippen molar-refractivity contribution in [3.63, 3.8) is 0 Å². The van der Waals surface area contributed by atoms with Crippen LogP contribution in [-0.4, -0.2) is 30.8 Å². The van der Waals surface area contributed by atoms with Gasteiger partial charge in [0.05, 0.1) is 0 Å². The Morgan fingerprint density at radius 3 is 1.09 bits per heavy atom. The van der Waals surface area contributed by atoms with E-state index in [9.17, 15) is 0 Å². The van der Waals surface area contributed by atoms with Gasteiger partial charge in [-0.3, -0.25) is 4.79 Å². The van der Waals surface area contributed by atoms with Gasteiger partial charge in [-0.05, 0) is 0 Å². The zero-order valence-corrected chi connectivity index (χ0v) is 16.4. The summed E-state index contributed by atoms with van der Waals surface area (Å²) in [6.45, 7) is 1.08. The molecule has 3 rings (SSSR count). The summed E-state index contributed by atoms with van der Waals surface area (Å²) >= 11 is -2.14. The van der Waals surface area contributed by atoms with Gasteiger partial charge in [-0.1, -0.05) is 0 Å². The Labute approximate surface area is 144 Å². The minimum atomic E-state index is -2.14. The number of rotatable bonds is 3. The maximum atomic E-state index is 9.00. The molecule has 0 aromatic heterocycles. The molecule has 2 nitrogen and oxygen atoms in total. The van der Waals surface area contributed by atoms with E-state index in [1.54, 1.807) is 10.7 Å². The SMILES string of the molecule is CC(=O)O.c1cc[c]([SnH]([c]2ccccc2)[c]2ccccc2)cc1. The van der Waals surface area contributed by atoms with E-state index in [1.807, 2.05) is 0 Å². The topological polar surface area (TPSA) is 37.3 Å². The fourth-order valence-corrected chi connectivity index (χ4v) is 11.0. The van der Waals surface area contributed by atoms with Gasteiger partial charge in [0.1, 0.15) is 0 Å². The van der Waals surface area contributed by atoms with Crippen LogP contribution in [0.4, 0.5) is 0 Å². The standard InChI is InChI=1S/3C6H5.C2H4O2.Sn.H/c3*1-2-4-6-5-3-1;1-2(3)4;;/h3*1-5H;1H3,(H,3,4);;. The molecule has 0 fully saturated rings. The number of carboxylic acids is 1. The van der Waals surface area contributed by atoms with Crippen molar-refractivity contribution in [2.24, 2.45) is 0 Å². The number of carbonyl (C=O) groups is 1. The van der Waals surface area contributed by atoms with Crippen molar-refractivity contribution in [2.45, 2.75) is 6.92 Å². The van der Waals surface area contributed by atoms with Crippen LogP contribution in [0.3, 0.4) is 0 Å². The van der Waals surface area contributed by atoms with E-state index >= 15 is 0 Å². The number of carboxylic acid groups (broad SMARTS) is 1. The van der Waals surface area contributed by atoms with Crippen molar-refractivity contribution >= 4 is 36.5 Å². The van der Waals surface area contributed by atoms with E-state index < -0.39 is 25.7 Å². The summed E-state index contributed by atoms with van der Waals surface area (Å²) in [6, 6.07) is 33.0. The molecule has 3 aromatic carbocycles. The Balaban J connectivity index is 0.000000433. The normalized spacial score (nSPS) is 9.83. The van der Waals surface area contributed by atoms with Gasteiger partial charge in [-0.2, -0.15) is 0 Å². The average Bonchev–Trinajstić information content (AvgIpc) is 2.58. The van der Waals surface area contributed by atoms with Crippen LogP contribution in [-0.2, 0) is 4.79 Å². The maximum absolute atomic E-state index is 9.00. The molecule has 1 N–H and O–H groups in total. The van der Waals surface area contributed by atoms with Crippen LogP contribution >= 0.6 is 0 Å². The van der Waals surface area contributed by atoms with E-state index in [2.05, 4.69) is 91.0 Å². The molecule has 3 aromatic rings. The molecule has 0 aliphatic heterocycles. The molecule has 0 atom stereocenters. The Morgan fingerprint density at radius 1 is 0.652 bits per heavy atom. The van der Waals surface area contributed by atoms with Crippen LogP contribution in [0, 0.1) is 0 Å². The minimum absolute atomic E-state index is 0.833. The molecular weight excluding hydrogens is 391 g/mol. The molecular formula is C20H20O2Sn. The van der Waals surface area contributed by atoms with Crippen molar-refractivity contribution in [1.29, 1.82) is 0 Å². The van der Waals surface area contributed by atoms with Crippen LogP contribution in [0.5, 0.6) is 0 Å². The van der Waals surface area contributed by atoms with E-state index in [1.165, 1.54) is 0 Å². The molecule has 116 valence electrons. The van der Waals surface area contributed by atoms with Crippen molar-refractivity contribution in [1.82, 2.24) is 0 Å². The second kappa shape index (κ2) is 9.15. The first-order chi connectivity index (χ1) is 11.2. The summed E-state index contributed by atoms with van der Waals surface area (Å²) in [4.78, 5) is 9.00. The first kappa shape index (κ1) is 17.3.